The number of rotatable bonds is 5. The summed E-state index contributed by atoms with van der Waals surface area (Å²) in [5, 5.41) is 5.70. The van der Waals surface area contributed by atoms with E-state index in [-0.39, 0.29) is 11.7 Å². The van der Waals surface area contributed by atoms with Gasteiger partial charge in [-0.1, -0.05) is 48.8 Å². The van der Waals surface area contributed by atoms with E-state index in [9.17, 15) is 4.79 Å². The Balaban J connectivity index is 1.46. The molecule has 0 radical (unpaired) electrons. The molecule has 0 aliphatic heterocycles. The van der Waals surface area contributed by atoms with E-state index < -0.39 is 0 Å². The van der Waals surface area contributed by atoms with Crippen molar-refractivity contribution in [2.75, 3.05) is 11.1 Å². The number of amides is 1. The number of hydrogen-bond acceptors (Lipinski definition) is 6. The lowest BCUT2D eigenvalue weighted by Gasteiger charge is -2.21. The Morgan fingerprint density at radius 2 is 1.94 bits per heavy atom. The van der Waals surface area contributed by atoms with E-state index in [0.717, 1.165) is 32.9 Å². The van der Waals surface area contributed by atoms with Crippen LogP contribution in [0.2, 0.25) is 10.0 Å². The Morgan fingerprint density at radius 3 is 2.70 bits per heavy atom. The molecule has 0 spiro atoms. The van der Waals surface area contributed by atoms with Crippen LogP contribution in [0.15, 0.2) is 29.6 Å². The first-order valence-electron chi connectivity index (χ1n) is 10.9. The van der Waals surface area contributed by atoms with Crippen molar-refractivity contribution in [3.8, 4) is 0 Å². The van der Waals surface area contributed by atoms with Gasteiger partial charge in [0.15, 0.2) is 0 Å². The van der Waals surface area contributed by atoms with E-state index in [1.54, 1.807) is 35.9 Å². The number of thiophene rings is 1. The maximum absolute atomic E-state index is 12.5. The lowest BCUT2D eigenvalue weighted by Crippen LogP contribution is -2.14. The molecule has 1 aliphatic rings. The Kier molecular flexibility index (Phi) is 6.49. The molecule has 0 fully saturated rings. The van der Waals surface area contributed by atoms with Gasteiger partial charge < -0.3 is 5.32 Å². The molecule has 33 heavy (non-hydrogen) atoms. The van der Waals surface area contributed by atoms with E-state index in [1.165, 1.54) is 46.8 Å². The highest BCUT2D eigenvalue weighted by atomic mass is 35.5. The molecule has 1 aromatic carbocycles. The first-order chi connectivity index (χ1) is 15.9. The van der Waals surface area contributed by atoms with Gasteiger partial charge >= 0.3 is 0 Å². The van der Waals surface area contributed by atoms with Gasteiger partial charge in [0.2, 0.25) is 5.91 Å². The van der Waals surface area contributed by atoms with Gasteiger partial charge in [0, 0.05) is 16.8 Å². The molecule has 0 saturated heterocycles. The van der Waals surface area contributed by atoms with Gasteiger partial charge in [-0.25, -0.2) is 15.0 Å². The number of anilines is 1. The van der Waals surface area contributed by atoms with Crippen molar-refractivity contribution in [2.45, 2.75) is 50.5 Å². The lowest BCUT2D eigenvalue weighted by atomic mass is 9.86. The molecule has 5 rings (SSSR count). The van der Waals surface area contributed by atoms with Gasteiger partial charge in [0.1, 0.15) is 16.2 Å². The zero-order chi connectivity index (χ0) is 23.1. The molecule has 3 aromatic heterocycles. The van der Waals surface area contributed by atoms with Gasteiger partial charge in [-0.05, 0) is 60.9 Å². The predicted molar refractivity (Wildman–Crippen MR) is 139 cm³/mol. The fourth-order valence-corrected chi connectivity index (χ4v) is 6.69. The zero-order valence-corrected chi connectivity index (χ0v) is 21.4. The highest BCUT2D eigenvalue weighted by molar-refractivity contribution is 8.00. The molecule has 170 valence electrons. The Bertz CT molecular complexity index is 1390. The SMILES string of the molecule is CC(C)c1nc2sc3c(SCC(=O)Nc4ccc(Cl)c(Cl)c4)ncnc3c2c2c1CCCC2. The number of pyridine rings is 1. The Labute approximate surface area is 210 Å². The van der Waals surface area contributed by atoms with Crippen LogP contribution in [0.1, 0.15) is 49.4 Å². The zero-order valence-electron chi connectivity index (χ0n) is 18.2. The van der Waals surface area contributed by atoms with Crippen LogP contribution < -0.4 is 5.32 Å². The minimum Gasteiger partial charge on any atom is -0.325 e. The minimum absolute atomic E-state index is 0.135. The molecular formula is C24H22Cl2N4OS2. The van der Waals surface area contributed by atoms with Crippen molar-refractivity contribution in [3.05, 3.63) is 51.4 Å². The van der Waals surface area contributed by atoms with Crippen molar-refractivity contribution < 1.29 is 4.79 Å². The van der Waals surface area contributed by atoms with Crippen LogP contribution in [0.25, 0.3) is 20.4 Å². The molecule has 0 unspecified atom stereocenters. The maximum atomic E-state index is 12.5. The minimum atomic E-state index is -0.135. The Hall–Kier alpha value is -1.93. The van der Waals surface area contributed by atoms with Crippen LogP contribution >= 0.6 is 46.3 Å². The first kappa shape index (κ1) is 22.8. The summed E-state index contributed by atoms with van der Waals surface area (Å²) < 4.78 is 1.00. The summed E-state index contributed by atoms with van der Waals surface area (Å²) in [6.45, 7) is 4.42. The van der Waals surface area contributed by atoms with Crippen molar-refractivity contribution in [1.29, 1.82) is 0 Å². The molecule has 4 aromatic rings. The number of aryl methyl sites for hydroxylation is 1. The molecule has 5 nitrogen and oxygen atoms in total. The van der Waals surface area contributed by atoms with Gasteiger partial charge in [0.05, 0.1) is 26.0 Å². The van der Waals surface area contributed by atoms with Gasteiger partial charge in [-0.3, -0.25) is 4.79 Å². The second kappa shape index (κ2) is 9.37. The number of fused-ring (bicyclic) bond motifs is 5. The number of nitrogens with zero attached hydrogens (tertiary/aromatic N) is 3. The van der Waals surface area contributed by atoms with E-state index in [2.05, 4.69) is 29.1 Å². The molecule has 1 amide bonds. The second-order valence-corrected chi connectivity index (χ2v) is 11.2. The number of aromatic nitrogens is 3. The van der Waals surface area contributed by atoms with E-state index in [1.807, 2.05) is 0 Å². The molecule has 0 atom stereocenters. The molecule has 0 bridgehead atoms. The number of carbonyl (C=O) groups excluding carboxylic acids is 1. The fraction of sp³-hybridized carbons (Fsp3) is 0.333. The Morgan fingerprint density at radius 1 is 1.15 bits per heavy atom. The second-order valence-electron chi connectivity index (χ2n) is 8.42. The summed E-state index contributed by atoms with van der Waals surface area (Å²) in [6, 6.07) is 5.03. The molecular weight excluding hydrogens is 495 g/mol. The van der Waals surface area contributed by atoms with Gasteiger partial charge in [0.25, 0.3) is 0 Å². The molecule has 9 heteroatoms. The summed E-state index contributed by atoms with van der Waals surface area (Å²) in [4.78, 5) is 27.8. The van der Waals surface area contributed by atoms with Crippen molar-refractivity contribution >= 4 is 78.3 Å². The average molecular weight is 518 g/mol. The number of thioether (sulfide) groups is 1. The lowest BCUT2D eigenvalue weighted by molar-refractivity contribution is -0.113. The molecule has 1 N–H and O–H groups in total. The number of halogens is 2. The fourth-order valence-electron chi connectivity index (χ4n) is 4.35. The smallest absolute Gasteiger partial charge is 0.234 e. The quantitative estimate of drug-likeness (QED) is 0.223. The summed E-state index contributed by atoms with van der Waals surface area (Å²) in [6.07, 6.45) is 6.16. The van der Waals surface area contributed by atoms with E-state index in [4.69, 9.17) is 28.2 Å². The van der Waals surface area contributed by atoms with Gasteiger partial charge in [-0.15, -0.1) is 11.3 Å². The summed E-state index contributed by atoms with van der Waals surface area (Å²) >= 11 is 15.0. The molecule has 1 aliphatic carbocycles. The highest BCUT2D eigenvalue weighted by Gasteiger charge is 2.24. The maximum Gasteiger partial charge on any atom is 0.234 e. The van der Waals surface area contributed by atoms with Crippen LogP contribution in [0.5, 0.6) is 0 Å². The van der Waals surface area contributed by atoms with Crippen LogP contribution in [-0.4, -0.2) is 26.6 Å². The van der Waals surface area contributed by atoms with Crippen LogP contribution in [0, 0.1) is 0 Å². The normalized spacial score (nSPS) is 13.6. The van der Waals surface area contributed by atoms with Crippen LogP contribution in [0.3, 0.4) is 0 Å². The monoisotopic (exact) mass is 516 g/mol. The van der Waals surface area contributed by atoms with E-state index >= 15 is 0 Å². The third-order valence-corrected chi connectivity index (χ3v) is 8.75. The molecule has 3 heterocycles. The standard InChI is InChI=1S/C24H22Cl2N4OS2/c1-12(2)20-15-6-4-3-5-14(15)19-21-22(33-23(19)30-20)24(28-11-27-21)32-10-18(31)29-13-7-8-16(25)17(26)9-13/h7-9,11-12H,3-6,10H2,1-2H3,(H,29,31). The number of benzene rings is 1. The topological polar surface area (TPSA) is 67.8 Å². The van der Waals surface area contributed by atoms with Crippen molar-refractivity contribution in [2.24, 2.45) is 0 Å². The third kappa shape index (κ3) is 4.44. The van der Waals surface area contributed by atoms with Crippen LogP contribution in [-0.2, 0) is 17.6 Å². The summed E-state index contributed by atoms with van der Waals surface area (Å²) in [5.74, 6) is 0.476. The first-order valence-corrected chi connectivity index (χ1v) is 13.4. The van der Waals surface area contributed by atoms with Crippen molar-refractivity contribution in [3.63, 3.8) is 0 Å². The number of nitrogens with one attached hydrogen (secondary N) is 1. The predicted octanol–water partition coefficient (Wildman–Crippen LogP) is 7.28. The summed E-state index contributed by atoms with van der Waals surface area (Å²) in [7, 11) is 0. The number of hydrogen-bond donors (Lipinski definition) is 1. The highest BCUT2D eigenvalue weighted by Crippen LogP contribution is 2.42. The van der Waals surface area contributed by atoms with Gasteiger partial charge in [-0.2, -0.15) is 0 Å². The molecule has 0 saturated carbocycles. The number of carbonyl (C=O) groups is 1. The average Bonchev–Trinajstić information content (AvgIpc) is 3.19. The van der Waals surface area contributed by atoms with E-state index in [0.29, 0.717) is 21.7 Å². The third-order valence-electron chi connectivity index (χ3n) is 5.81. The van der Waals surface area contributed by atoms with Crippen LogP contribution in [0.4, 0.5) is 5.69 Å². The summed E-state index contributed by atoms with van der Waals surface area (Å²) in [5.41, 5.74) is 5.61. The largest absolute Gasteiger partial charge is 0.325 e. The van der Waals surface area contributed by atoms with Crippen molar-refractivity contribution in [1.82, 2.24) is 15.0 Å².